The Bertz CT molecular complexity index is 735. The Morgan fingerprint density at radius 1 is 1.57 bits per heavy atom. The first-order valence-electron chi connectivity index (χ1n) is 7.86. The first-order chi connectivity index (χ1) is 11.0. The number of hydrogen-bond donors (Lipinski definition) is 0. The number of rotatable bonds is 5. The molecule has 1 aliphatic heterocycles. The van der Waals surface area contributed by atoms with Gasteiger partial charge in [0.1, 0.15) is 5.82 Å². The van der Waals surface area contributed by atoms with Gasteiger partial charge in [-0.15, -0.1) is 0 Å². The number of carbonyl (C=O) groups excluding carboxylic acids is 1. The summed E-state index contributed by atoms with van der Waals surface area (Å²) in [6.45, 7) is 5.81. The summed E-state index contributed by atoms with van der Waals surface area (Å²) >= 11 is 3.79. The van der Waals surface area contributed by atoms with Gasteiger partial charge in [-0.1, -0.05) is 22.9 Å². The predicted molar refractivity (Wildman–Crippen MR) is 92.0 cm³/mol. The number of methoxy groups -OCH3 is 1. The van der Waals surface area contributed by atoms with Gasteiger partial charge in [-0.05, 0) is 38.0 Å². The average molecular weight is 381 g/mol. The van der Waals surface area contributed by atoms with Gasteiger partial charge in [0.25, 0.3) is 0 Å². The van der Waals surface area contributed by atoms with Crippen molar-refractivity contribution in [3.63, 3.8) is 0 Å². The zero-order valence-electron chi connectivity index (χ0n) is 13.6. The standard InChI is InChI=1S/C17H21BrN2O3/c1-4-17(2,18)16-19-13-6-5-11(15(21)22-3)9-14(13)20(16)10-12-7-8-23-12/h5-6,9,12H,4,7-8,10H2,1-3H3/t12-,17+/m0/s1. The van der Waals surface area contributed by atoms with Crippen LogP contribution in [0, 0.1) is 0 Å². The maximum absolute atomic E-state index is 11.8. The minimum absolute atomic E-state index is 0.216. The summed E-state index contributed by atoms with van der Waals surface area (Å²) in [4.78, 5) is 16.6. The molecule has 0 bridgehead atoms. The monoisotopic (exact) mass is 380 g/mol. The second-order valence-electron chi connectivity index (χ2n) is 6.07. The topological polar surface area (TPSA) is 53.3 Å². The fourth-order valence-corrected chi connectivity index (χ4v) is 3.04. The van der Waals surface area contributed by atoms with Crippen LogP contribution in [0.2, 0.25) is 0 Å². The van der Waals surface area contributed by atoms with Gasteiger partial charge in [-0.2, -0.15) is 0 Å². The summed E-state index contributed by atoms with van der Waals surface area (Å²) < 4.78 is 12.4. The Kier molecular flexibility index (Phi) is 4.47. The quantitative estimate of drug-likeness (QED) is 0.586. The van der Waals surface area contributed by atoms with E-state index in [1.54, 1.807) is 6.07 Å². The van der Waals surface area contributed by atoms with E-state index < -0.39 is 0 Å². The lowest BCUT2D eigenvalue weighted by Gasteiger charge is -2.29. The molecular formula is C17H21BrN2O3. The van der Waals surface area contributed by atoms with E-state index in [1.807, 2.05) is 12.1 Å². The third-order valence-corrected chi connectivity index (χ3v) is 5.39. The van der Waals surface area contributed by atoms with Crippen molar-refractivity contribution >= 4 is 32.9 Å². The molecule has 1 fully saturated rings. The van der Waals surface area contributed by atoms with Gasteiger partial charge in [-0.3, -0.25) is 0 Å². The Labute approximate surface area is 144 Å². The highest BCUT2D eigenvalue weighted by atomic mass is 79.9. The molecule has 1 aliphatic rings. The van der Waals surface area contributed by atoms with Gasteiger partial charge in [-0.25, -0.2) is 9.78 Å². The van der Waals surface area contributed by atoms with Gasteiger partial charge in [0, 0.05) is 6.61 Å². The van der Waals surface area contributed by atoms with Crippen LogP contribution >= 0.6 is 15.9 Å². The summed E-state index contributed by atoms with van der Waals surface area (Å²) in [6.07, 6.45) is 2.18. The molecule has 124 valence electrons. The molecule has 1 saturated heterocycles. The van der Waals surface area contributed by atoms with E-state index in [1.165, 1.54) is 7.11 Å². The third kappa shape index (κ3) is 3.02. The van der Waals surface area contributed by atoms with Crippen molar-refractivity contribution in [1.29, 1.82) is 0 Å². The molecule has 0 aliphatic carbocycles. The van der Waals surface area contributed by atoms with E-state index >= 15 is 0 Å². The molecule has 0 amide bonds. The van der Waals surface area contributed by atoms with Crippen molar-refractivity contribution in [3.8, 4) is 0 Å². The Morgan fingerprint density at radius 2 is 2.30 bits per heavy atom. The number of carbonyl (C=O) groups is 1. The zero-order valence-corrected chi connectivity index (χ0v) is 15.2. The Hall–Kier alpha value is -1.40. The number of hydrogen-bond acceptors (Lipinski definition) is 4. The van der Waals surface area contributed by atoms with Gasteiger partial charge >= 0.3 is 5.97 Å². The van der Waals surface area contributed by atoms with Crippen LogP contribution in [-0.2, 0) is 20.3 Å². The molecule has 2 aromatic rings. The van der Waals surface area contributed by atoms with Crippen LogP contribution in [0.3, 0.4) is 0 Å². The molecular weight excluding hydrogens is 360 g/mol. The molecule has 3 rings (SSSR count). The minimum atomic E-state index is -0.335. The number of nitrogens with zero attached hydrogens (tertiary/aromatic N) is 2. The fraction of sp³-hybridized carbons (Fsp3) is 0.529. The minimum Gasteiger partial charge on any atom is -0.465 e. The highest BCUT2D eigenvalue weighted by Gasteiger charge is 2.30. The predicted octanol–water partition coefficient (Wildman–Crippen LogP) is 3.63. The lowest BCUT2D eigenvalue weighted by atomic mass is 10.1. The van der Waals surface area contributed by atoms with Crippen molar-refractivity contribution in [3.05, 3.63) is 29.6 Å². The van der Waals surface area contributed by atoms with Gasteiger partial charge in [0.05, 0.1) is 40.7 Å². The number of aromatic nitrogens is 2. The first kappa shape index (κ1) is 16.5. The molecule has 2 atom stereocenters. The highest BCUT2D eigenvalue weighted by molar-refractivity contribution is 9.09. The lowest BCUT2D eigenvalue weighted by Crippen LogP contribution is -2.33. The largest absolute Gasteiger partial charge is 0.465 e. The van der Waals surface area contributed by atoms with Crippen LogP contribution < -0.4 is 0 Å². The van der Waals surface area contributed by atoms with Crippen molar-refractivity contribution in [2.24, 2.45) is 0 Å². The van der Waals surface area contributed by atoms with Crippen LogP contribution in [0.4, 0.5) is 0 Å². The third-order valence-electron chi connectivity index (χ3n) is 4.48. The molecule has 0 spiro atoms. The van der Waals surface area contributed by atoms with Gasteiger partial charge < -0.3 is 14.0 Å². The summed E-state index contributed by atoms with van der Waals surface area (Å²) in [5, 5.41) is 0. The van der Waals surface area contributed by atoms with Gasteiger partial charge in [0.2, 0.25) is 0 Å². The molecule has 2 heterocycles. The summed E-state index contributed by atoms with van der Waals surface area (Å²) in [7, 11) is 1.39. The van der Waals surface area contributed by atoms with Crippen LogP contribution in [0.1, 0.15) is 42.9 Å². The molecule has 5 nitrogen and oxygen atoms in total. The van der Waals surface area contributed by atoms with Crippen LogP contribution in [0.15, 0.2) is 18.2 Å². The smallest absolute Gasteiger partial charge is 0.337 e. The fourth-order valence-electron chi connectivity index (χ4n) is 2.74. The lowest BCUT2D eigenvalue weighted by molar-refractivity contribution is -0.0591. The molecule has 23 heavy (non-hydrogen) atoms. The van der Waals surface area contributed by atoms with E-state index in [0.29, 0.717) is 5.56 Å². The number of benzene rings is 1. The molecule has 0 N–H and O–H groups in total. The molecule has 6 heteroatoms. The van der Waals surface area contributed by atoms with E-state index in [2.05, 4.69) is 34.3 Å². The number of esters is 1. The number of ether oxygens (including phenoxy) is 2. The SMILES string of the molecule is CC[C@@](C)(Br)c1nc2ccc(C(=O)OC)cc2n1C[C@@H]1CCO1. The maximum atomic E-state index is 11.8. The van der Waals surface area contributed by atoms with E-state index in [-0.39, 0.29) is 16.4 Å². The van der Waals surface area contributed by atoms with Crippen molar-refractivity contribution in [1.82, 2.24) is 9.55 Å². The Balaban J connectivity index is 2.13. The van der Waals surface area contributed by atoms with Gasteiger partial charge in [0.15, 0.2) is 0 Å². The average Bonchev–Trinajstić information content (AvgIpc) is 2.88. The zero-order chi connectivity index (χ0) is 16.6. The normalized spacial score (nSPS) is 20.1. The second kappa shape index (κ2) is 6.24. The molecule has 1 aromatic heterocycles. The number of halogens is 1. The van der Waals surface area contributed by atoms with Crippen molar-refractivity contribution in [2.45, 2.75) is 43.7 Å². The molecule has 0 radical (unpaired) electrons. The van der Waals surface area contributed by atoms with E-state index in [4.69, 9.17) is 14.5 Å². The summed E-state index contributed by atoms with van der Waals surface area (Å²) in [5.74, 6) is 0.630. The van der Waals surface area contributed by atoms with Crippen LogP contribution in [0.25, 0.3) is 11.0 Å². The second-order valence-corrected chi connectivity index (χ2v) is 7.82. The van der Waals surface area contributed by atoms with Crippen LogP contribution in [-0.4, -0.2) is 35.3 Å². The Morgan fingerprint density at radius 3 is 2.87 bits per heavy atom. The maximum Gasteiger partial charge on any atom is 0.337 e. The summed E-state index contributed by atoms with van der Waals surface area (Å²) in [5.41, 5.74) is 2.36. The van der Waals surface area contributed by atoms with Crippen LogP contribution in [0.5, 0.6) is 0 Å². The first-order valence-corrected chi connectivity index (χ1v) is 8.65. The number of fused-ring (bicyclic) bond motifs is 1. The number of imidazole rings is 1. The van der Waals surface area contributed by atoms with Crippen molar-refractivity contribution in [2.75, 3.05) is 13.7 Å². The van der Waals surface area contributed by atoms with E-state index in [9.17, 15) is 4.79 Å². The molecule has 0 unspecified atom stereocenters. The highest BCUT2D eigenvalue weighted by Crippen LogP contribution is 2.36. The van der Waals surface area contributed by atoms with E-state index in [0.717, 1.165) is 42.9 Å². The molecule has 1 aromatic carbocycles. The van der Waals surface area contributed by atoms with Crippen molar-refractivity contribution < 1.29 is 14.3 Å². The number of alkyl halides is 1. The molecule has 0 saturated carbocycles. The summed E-state index contributed by atoms with van der Waals surface area (Å²) in [6, 6.07) is 5.49.